The summed E-state index contributed by atoms with van der Waals surface area (Å²) in [6, 6.07) is 13.8. The van der Waals surface area contributed by atoms with Crippen molar-refractivity contribution >= 4 is 23.2 Å². The van der Waals surface area contributed by atoms with Crippen LogP contribution in [0.4, 0.5) is 24.5 Å². The van der Waals surface area contributed by atoms with Crippen molar-refractivity contribution in [3.8, 4) is 0 Å². The second kappa shape index (κ2) is 7.74. The van der Waals surface area contributed by atoms with Gasteiger partial charge in [-0.15, -0.1) is 0 Å². The number of hydrogen-bond donors (Lipinski definition) is 2. The molecule has 0 aromatic heterocycles. The molecule has 0 aliphatic heterocycles. The highest BCUT2D eigenvalue weighted by Crippen LogP contribution is 2.17. The lowest BCUT2D eigenvalue weighted by molar-refractivity contribution is 0.102. The highest BCUT2D eigenvalue weighted by atomic mass is 19.1. The molecule has 3 aromatic rings. The van der Waals surface area contributed by atoms with Gasteiger partial charge in [-0.1, -0.05) is 6.07 Å². The summed E-state index contributed by atoms with van der Waals surface area (Å²) < 4.78 is 39.5. The molecule has 7 heteroatoms. The Morgan fingerprint density at radius 2 is 1.26 bits per heavy atom. The van der Waals surface area contributed by atoms with E-state index in [-0.39, 0.29) is 16.8 Å². The molecule has 0 saturated heterocycles. The van der Waals surface area contributed by atoms with Crippen LogP contribution in [0.15, 0.2) is 66.7 Å². The van der Waals surface area contributed by atoms with Gasteiger partial charge in [-0.3, -0.25) is 9.59 Å². The summed E-state index contributed by atoms with van der Waals surface area (Å²) in [6.07, 6.45) is 0. The maximum absolute atomic E-state index is 13.7. The fraction of sp³-hybridized carbons (Fsp3) is 0. The molecule has 0 aliphatic carbocycles. The van der Waals surface area contributed by atoms with E-state index in [0.29, 0.717) is 11.8 Å². The zero-order valence-corrected chi connectivity index (χ0v) is 13.8. The van der Waals surface area contributed by atoms with E-state index < -0.39 is 29.3 Å². The van der Waals surface area contributed by atoms with Crippen LogP contribution in [0.25, 0.3) is 0 Å². The smallest absolute Gasteiger partial charge is 0.255 e. The molecule has 2 N–H and O–H groups in total. The van der Waals surface area contributed by atoms with Crippen molar-refractivity contribution < 1.29 is 22.8 Å². The highest BCUT2D eigenvalue weighted by molar-refractivity contribution is 6.08. The number of hydrogen-bond acceptors (Lipinski definition) is 2. The normalized spacial score (nSPS) is 10.3. The second-order valence-electron chi connectivity index (χ2n) is 5.62. The molecule has 2 amide bonds. The molecule has 27 heavy (non-hydrogen) atoms. The number of nitrogens with one attached hydrogen (secondary N) is 2. The predicted octanol–water partition coefficient (Wildman–Crippen LogP) is 4.61. The van der Waals surface area contributed by atoms with Gasteiger partial charge >= 0.3 is 0 Å². The number of rotatable bonds is 4. The van der Waals surface area contributed by atoms with Crippen molar-refractivity contribution in [1.82, 2.24) is 0 Å². The average molecular weight is 370 g/mol. The topological polar surface area (TPSA) is 58.2 Å². The van der Waals surface area contributed by atoms with Gasteiger partial charge in [0.2, 0.25) is 0 Å². The first-order chi connectivity index (χ1) is 12.9. The van der Waals surface area contributed by atoms with E-state index in [9.17, 15) is 22.8 Å². The summed E-state index contributed by atoms with van der Waals surface area (Å²) in [5.41, 5.74) is 0.518. The maximum Gasteiger partial charge on any atom is 0.255 e. The van der Waals surface area contributed by atoms with Gasteiger partial charge in [0, 0.05) is 22.9 Å². The molecular weight excluding hydrogens is 357 g/mol. The maximum atomic E-state index is 13.7. The Labute approximate surface area is 152 Å². The van der Waals surface area contributed by atoms with Crippen molar-refractivity contribution in [2.75, 3.05) is 10.6 Å². The van der Waals surface area contributed by atoms with Gasteiger partial charge in [-0.05, 0) is 54.6 Å². The van der Waals surface area contributed by atoms with E-state index in [1.807, 2.05) is 0 Å². The molecule has 0 heterocycles. The van der Waals surface area contributed by atoms with Crippen molar-refractivity contribution in [3.63, 3.8) is 0 Å². The summed E-state index contributed by atoms with van der Waals surface area (Å²) in [4.78, 5) is 24.6. The Morgan fingerprint density at radius 3 is 1.89 bits per heavy atom. The van der Waals surface area contributed by atoms with Gasteiger partial charge < -0.3 is 10.6 Å². The summed E-state index contributed by atoms with van der Waals surface area (Å²) in [6.45, 7) is 0. The monoisotopic (exact) mass is 370 g/mol. The SMILES string of the molecule is O=C(Nc1ccc(F)cc1)c1cccc(C(=O)Nc2ccc(F)cc2F)c1. The third kappa shape index (κ3) is 4.52. The predicted molar refractivity (Wildman–Crippen MR) is 95.1 cm³/mol. The fourth-order valence-electron chi connectivity index (χ4n) is 2.32. The molecule has 0 unspecified atom stereocenters. The van der Waals surface area contributed by atoms with Crippen molar-refractivity contribution in [2.24, 2.45) is 0 Å². The van der Waals surface area contributed by atoms with E-state index in [1.165, 1.54) is 48.5 Å². The minimum Gasteiger partial charge on any atom is -0.322 e. The Bertz CT molecular complexity index is 1000. The molecular formula is C20H13F3N2O2. The number of benzene rings is 3. The van der Waals surface area contributed by atoms with Gasteiger partial charge in [-0.2, -0.15) is 0 Å². The number of carbonyl (C=O) groups excluding carboxylic acids is 2. The van der Waals surface area contributed by atoms with Gasteiger partial charge in [-0.25, -0.2) is 13.2 Å². The van der Waals surface area contributed by atoms with Crippen LogP contribution in [0.3, 0.4) is 0 Å². The van der Waals surface area contributed by atoms with E-state index in [4.69, 9.17) is 0 Å². The first kappa shape index (κ1) is 18.2. The van der Waals surface area contributed by atoms with Crippen molar-refractivity contribution in [3.05, 3.63) is 95.3 Å². The Morgan fingerprint density at radius 1 is 0.667 bits per heavy atom. The molecule has 136 valence electrons. The van der Waals surface area contributed by atoms with Crippen LogP contribution in [0.5, 0.6) is 0 Å². The minimum atomic E-state index is -0.909. The molecule has 0 aliphatic rings. The van der Waals surface area contributed by atoms with Crippen molar-refractivity contribution in [2.45, 2.75) is 0 Å². The number of anilines is 2. The van der Waals surface area contributed by atoms with Crippen molar-refractivity contribution in [1.29, 1.82) is 0 Å². The standard InChI is InChI=1S/C20H13F3N2O2/c21-14-4-7-16(8-5-14)24-19(26)12-2-1-3-13(10-12)20(27)25-18-9-6-15(22)11-17(18)23/h1-11H,(H,24,26)(H,25,27). The average Bonchev–Trinajstić information content (AvgIpc) is 2.66. The number of amides is 2. The van der Waals surface area contributed by atoms with Gasteiger partial charge in [0.15, 0.2) is 0 Å². The summed E-state index contributed by atoms with van der Waals surface area (Å²) in [7, 11) is 0. The number of halogens is 3. The lowest BCUT2D eigenvalue weighted by atomic mass is 10.1. The van der Waals surface area contributed by atoms with Crippen LogP contribution < -0.4 is 10.6 Å². The molecule has 0 saturated carbocycles. The first-order valence-corrected chi connectivity index (χ1v) is 7.86. The molecule has 3 rings (SSSR count). The third-order valence-electron chi connectivity index (χ3n) is 3.67. The van der Waals surface area contributed by atoms with Crippen LogP contribution in [0.2, 0.25) is 0 Å². The quantitative estimate of drug-likeness (QED) is 0.705. The van der Waals surface area contributed by atoms with Gasteiger partial charge in [0.25, 0.3) is 11.8 Å². The molecule has 3 aromatic carbocycles. The van der Waals surface area contributed by atoms with E-state index in [2.05, 4.69) is 10.6 Å². The van der Waals surface area contributed by atoms with Crippen LogP contribution >= 0.6 is 0 Å². The minimum absolute atomic E-state index is 0.116. The summed E-state index contributed by atoms with van der Waals surface area (Å²) in [5.74, 6) is -3.25. The molecule has 0 bridgehead atoms. The van der Waals surface area contributed by atoms with E-state index >= 15 is 0 Å². The molecule has 4 nitrogen and oxygen atoms in total. The van der Waals surface area contributed by atoms with E-state index in [1.54, 1.807) is 0 Å². The molecule has 0 atom stereocenters. The molecule has 0 fully saturated rings. The molecule has 0 spiro atoms. The lowest BCUT2D eigenvalue weighted by Crippen LogP contribution is -2.16. The molecule has 0 radical (unpaired) electrons. The van der Waals surface area contributed by atoms with E-state index in [0.717, 1.165) is 12.1 Å². The Kier molecular flexibility index (Phi) is 5.21. The summed E-state index contributed by atoms with van der Waals surface area (Å²) in [5, 5.41) is 4.90. The summed E-state index contributed by atoms with van der Waals surface area (Å²) >= 11 is 0. The third-order valence-corrected chi connectivity index (χ3v) is 3.67. The first-order valence-electron chi connectivity index (χ1n) is 7.86. The Balaban J connectivity index is 1.75. The largest absolute Gasteiger partial charge is 0.322 e. The highest BCUT2D eigenvalue weighted by Gasteiger charge is 2.13. The van der Waals surface area contributed by atoms with Crippen LogP contribution in [-0.2, 0) is 0 Å². The zero-order valence-electron chi connectivity index (χ0n) is 13.8. The Hall–Kier alpha value is -3.61. The second-order valence-corrected chi connectivity index (χ2v) is 5.62. The van der Waals surface area contributed by atoms with Crippen LogP contribution in [0, 0.1) is 17.5 Å². The fourth-order valence-corrected chi connectivity index (χ4v) is 2.32. The zero-order chi connectivity index (χ0) is 19.4. The lowest BCUT2D eigenvalue weighted by Gasteiger charge is -2.09. The van der Waals surface area contributed by atoms with Gasteiger partial charge in [0.1, 0.15) is 17.5 Å². The number of carbonyl (C=O) groups is 2. The van der Waals surface area contributed by atoms with Crippen LogP contribution in [-0.4, -0.2) is 11.8 Å². The van der Waals surface area contributed by atoms with Crippen LogP contribution in [0.1, 0.15) is 20.7 Å². The van der Waals surface area contributed by atoms with Gasteiger partial charge in [0.05, 0.1) is 5.69 Å².